The maximum absolute atomic E-state index is 15.5. The Morgan fingerprint density at radius 1 is 1.05 bits per heavy atom. The van der Waals surface area contributed by atoms with E-state index >= 15 is 8.78 Å². The fraction of sp³-hybridized carbons (Fsp3) is 0.526. The third kappa shape index (κ3) is 4.87. The van der Waals surface area contributed by atoms with E-state index in [0.717, 1.165) is 16.8 Å². The Morgan fingerprint density at radius 3 is 2.59 bits per heavy atom. The van der Waals surface area contributed by atoms with Gasteiger partial charge in [-0.3, -0.25) is 18.9 Å². The molecule has 208 valence electrons. The third-order valence-electron chi connectivity index (χ3n) is 6.36. The van der Waals surface area contributed by atoms with Crippen molar-refractivity contribution >= 4 is 34.3 Å². The lowest BCUT2D eigenvalue weighted by atomic mass is 10.1. The second-order valence-corrected chi connectivity index (χ2v) is 10.3. The van der Waals surface area contributed by atoms with E-state index in [1.165, 1.54) is 17.2 Å². The highest BCUT2D eigenvalue weighted by Crippen LogP contribution is 2.44. The van der Waals surface area contributed by atoms with E-state index in [0.29, 0.717) is 0 Å². The minimum atomic E-state index is -3.01. The summed E-state index contributed by atoms with van der Waals surface area (Å²) in [6, 6.07) is 1.06. The maximum atomic E-state index is 15.5. The molecular formula is C19H20F2N7O9P2+. The van der Waals surface area contributed by atoms with Crippen LogP contribution in [0.25, 0.3) is 11.2 Å². The van der Waals surface area contributed by atoms with Crippen molar-refractivity contribution in [2.45, 2.75) is 49.2 Å². The van der Waals surface area contributed by atoms with Crippen molar-refractivity contribution in [3.8, 4) is 0 Å². The Labute approximate surface area is 218 Å². The second kappa shape index (κ2) is 10.6. The van der Waals surface area contributed by atoms with Gasteiger partial charge in [-0.2, -0.15) is 0 Å². The number of aromatic nitrogens is 6. The first-order valence-electron chi connectivity index (χ1n) is 11.4. The largest absolute Gasteiger partial charge is 0.698 e. The van der Waals surface area contributed by atoms with Crippen LogP contribution in [0, 0.1) is 0 Å². The van der Waals surface area contributed by atoms with Gasteiger partial charge in [0.15, 0.2) is 51.4 Å². The van der Waals surface area contributed by atoms with Crippen LogP contribution < -0.4 is 17.0 Å². The fourth-order valence-corrected chi connectivity index (χ4v) is 5.90. The molecule has 6 rings (SSSR count). The molecule has 3 saturated heterocycles. The van der Waals surface area contributed by atoms with Crippen molar-refractivity contribution in [1.82, 2.24) is 29.1 Å². The van der Waals surface area contributed by atoms with Gasteiger partial charge in [0.2, 0.25) is 0 Å². The zero-order chi connectivity index (χ0) is 27.3. The highest BCUT2D eigenvalue weighted by atomic mass is 31.1. The number of hydrogen-bond acceptors (Lipinski definition) is 13. The van der Waals surface area contributed by atoms with Gasteiger partial charge in [-0.1, -0.05) is 0 Å². The molecule has 3 fully saturated rings. The molecule has 6 heterocycles. The summed E-state index contributed by atoms with van der Waals surface area (Å²) >= 11 is 0. The maximum Gasteiger partial charge on any atom is 0.698 e. The average molecular weight is 590 g/mol. The molecule has 2 unspecified atom stereocenters. The third-order valence-corrected chi connectivity index (χ3v) is 7.79. The number of nitrogens with two attached hydrogens (primary N) is 1. The summed E-state index contributed by atoms with van der Waals surface area (Å²) in [4.78, 5) is 37.9. The Kier molecular flexibility index (Phi) is 7.20. The highest BCUT2D eigenvalue weighted by Gasteiger charge is 2.54. The van der Waals surface area contributed by atoms with Gasteiger partial charge in [-0.05, 0) is 0 Å². The molecule has 0 saturated carbocycles. The van der Waals surface area contributed by atoms with Crippen LogP contribution in [0.5, 0.6) is 0 Å². The lowest BCUT2D eigenvalue weighted by molar-refractivity contribution is -0.0568. The fourth-order valence-electron chi connectivity index (χ4n) is 4.50. The molecule has 3 aromatic rings. The number of alkyl halides is 2. The molecule has 3 aromatic heterocycles. The summed E-state index contributed by atoms with van der Waals surface area (Å²) in [5.41, 5.74) is 4.79. The van der Waals surface area contributed by atoms with Crippen molar-refractivity contribution in [3.63, 3.8) is 0 Å². The molecule has 39 heavy (non-hydrogen) atoms. The van der Waals surface area contributed by atoms with Gasteiger partial charge in [0.1, 0.15) is 36.8 Å². The van der Waals surface area contributed by atoms with Crippen LogP contribution in [0.4, 0.5) is 14.6 Å². The number of nitrogens with one attached hydrogen (secondary N) is 1. The summed E-state index contributed by atoms with van der Waals surface area (Å²) in [5.74, 6) is 0.0929. The SMILES string of the molecule is Nc1ncnc2c1ncn2[C@@H]1O[C@@H]2COPO[C@@H]3[C@H](F)[C@@H](CO[P+](=O)O[C@@H]1[C@@H]2F)O[C@H]3n1ccc(=O)[nH]c1=O. The molecule has 3 aliphatic heterocycles. The molecule has 0 spiro atoms. The second-order valence-electron chi connectivity index (χ2n) is 8.69. The van der Waals surface area contributed by atoms with Gasteiger partial charge in [0.25, 0.3) is 5.56 Å². The Morgan fingerprint density at radius 2 is 1.79 bits per heavy atom. The van der Waals surface area contributed by atoms with Crippen LogP contribution in [0.2, 0.25) is 0 Å². The molecule has 20 heteroatoms. The standard InChI is InChI=1S/C19H19F2N7O9P2/c20-10-8-4-33-39(31)37-14-11(21)7(34-18(14)28-6-25-12-15(22)23-5-24-16(12)28)3-32-38-36-13(10)17(35-8)27-2-1-9(29)26-19(27)30/h1-2,5-8,10-11,13-14,17-18,38H,3-4H2,(H2-,22,23,24,26,29,30)/p+1/t7-,8-,10-,11-,13-,14-,17-,18-/m1/s1. The van der Waals surface area contributed by atoms with E-state index in [1.807, 2.05) is 0 Å². The van der Waals surface area contributed by atoms with Gasteiger partial charge in [-0.15, -0.1) is 9.05 Å². The number of hydrogen-bond donors (Lipinski definition) is 2. The first-order valence-corrected chi connectivity index (χ1v) is 13.4. The Hall–Kier alpha value is -2.82. The molecule has 16 nitrogen and oxygen atoms in total. The van der Waals surface area contributed by atoms with Gasteiger partial charge in [0.05, 0.1) is 12.9 Å². The number of nitrogen functional groups attached to an aromatic ring is 1. The van der Waals surface area contributed by atoms with E-state index in [-0.39, 0.29) is 23.6 Å². The normalized spacial score (nSPS) is 35.4. The van der Waals surface area contributed by atoms with Crippen LogP contribution in [-0.2, 0) is 32.1 Å². The minimum Gasteiger partial charge on any atom is -0.382 e. The van der Waals surface area contributed by atoms with Crippen molar-refractivity contribution in [2.75, 3.05) is 18.9 Å². The molecule has 10 atom stereocenters. The zero-order valence-electron chi connectivity index (χ0n) is 19.5. The quantitative estimate of drug-likeness (QED) is 0.390. The lowest BCUT2D eigenvalue weighted by Gasteiger charge is -2.21. The average Bonchev–Trinajstić information content (AvgIpc) is 3.55. The van der Waals surface area contributed by atoms with Gasteiger partial charge >= 0.3 is 13.9 Å². The predicted molar refractivity (Wildman–Crippen MR) is 126 cm³/mol. The van der Waals surface area contributed by atoms with E-state index in [1.54, 1.807) is 0 Å². The number of rotatable bonds is 2. The molecule has 0 amide bonds. The Bertz CT molecular complexity index is 1510. The number of anilines is 1. The summed E-state index contributed by atoms with van der Waals surface area (Å²) in [6.45, 7) is -0.945. The van der Waals surface area contributed by atoms with Crippen LogP contribution in [0.15, 0.2) is 34.5 Å². The first kappa shape index (κ1) is 26.4. The van der Waals surface area contributed by atoms with Gasteiger partial charge < -0.3 is 24.3 Å². The van der Waals surface area contributed by atoms with Gasteiger partial charge in [-0.25, -0.2) is 28.5 Å². The van der Waals surface area contributed by atoms with Crippen LogP contribution in [0.1, 0.15) is 12.5 Å². The van der Waals surface area contributed by atoms with Crippen LogP contribution >= 0.6 is 17.3 Å². The predicted octanol–water partition coefficient (Wildman–Crippen LogP) is 0.413. The lowest BCUT2D eigenvalue weighted by Crippen LogP contribution is -2.37. The van der Waals surface area contributed by atoms with Crippen molar-refractivity contribution in [1.29, 1.82) is 0 Å². The van der Waals surface area contributed by atoms with Gasteiger partial charge in [0, 0.05) is 16.8 Å². The molecular weight excluding hydrogens is 570 g/mol. The van der Waals surface area contributed by atoms with Crippen LogP contribution in [0.3, 0.4) is 0 Å². The number of H-pyrrole nitrogens is 1. The smallest absolute Gasteiger partial charge is 0.382 e. The molecule has 0 radical (unpaired) electrons. The number of imidazole rings is 1. The first-order chi connectivity index (χ1) is 18.8. The summed E-state index contributed by atoms with van der Waals surface area (Å²) in [6.07, 6.45) is -7.98. The molecule has 4 bridgehead atoms. The minimum absolute atomic E-state index is 0.0929. The van der Waals surface area contributed by atoms with Crippen molar-refractivity contribution in [2.24, 2.45) is 0 Å². The van der Waals surface area contributed by atoms with E-state index < -0.39 is 84.4 Å². The van der Waals surface area contributed by atoms with E-state index in [4.69, 9.17) is 33.3 Å². The Balaban J connectivity index is 1.25. The summed E-state index contributed by atoms with van der Waals surface area (Å²) in [7, 11) is -3.82. The number of nitrogens with zero attached hydrogens (tertiary/aromatic N) is 5. The summed E-state index contributed by atoms with van der Waals surface area (Å²) < 4.78 is 78.9. The van der Waals surface area contributed by atoms with Crippen molar-refractivity contribution in [3.05, 3.63) is 45.8 Å². The number of ether oxygens (including phenoxy) is 2. The molecule has 3 aliphatic rings. The number of halogens is 2. The van der Waals surface area contributed by atoms with E-state index in [9.17, 15) is 14.2 Å². The molecule has 3 N–H and O–H groups in total. The van der Waals surface area contributed by atoms with E-state index in [2.05, 4.69) is 19.9 Å². The summed E-state index contributed by atoms with van der Waals surface area (Å²) in [5, 5.41) is 0. The highest BCUT2D eigenvalue weighted by molar-refractivity contribution is 7.33. The molecule has 0 aromatic carbocycles. The molecule has 0 aliphatic carbocycles. The van der Waals surface area contributed by atoms with Crippen LogP contribution in [-0.4, -0.2) is 79.0 Å². The number of fused-ring (bicyclic) bond motifs is 5. The van der Waals surface area contributed by atoms with Crippen molar-refractivity contribution < 1.29 is 40.9 Å². The number of aromatic amines is 1. The monoisotopic (exact) mass is 590 g/mol. The zero-order valence-corrected chi connectivity index (χ0v) is 21.4. The topological polar surface area (TPSA) is 197 Å².